The quantitative estimate of drug-likeness (QED) is 0.177. The van der Waals surface area contributed by atoms with Crippen molar-refractivity contribution < 1.29 is 19.1 Å². The molecule has 0 bridgehead atoms. The van der Waals surface area contributed by atoms with Gasteiger partial charge in [0.1, 0.15) is 5.60 Å². The summed E-state index contributed by atoms with van der Waals surface area (Å²) in [6.45, 7) is 1.08. The van der Waals surface area contributed by atoms with Gasteiger partial charge >= 0.3 is 0 Å². The second-order valence-electron chi connectivity index (χ2n) is 8.55. The number of benzene rings is 4. The van der Waals surface area contributed by atoms with Crippen LogP contribution < -0.4 is 0 Å². The fraction of sp³-hybridized carbons (Fsp3) is 0.161. The minimum atomic E-state index is -0.810. The van der Waals surface area contributed by atoms with Crippen LogP contribution >= 0.6 is 0 Å². The van der Waals surface area contributed by atoms with E-state index in [2.05, 4.69) is 36.4 Å². The zero-order valence-electron chi connectivity index (χ0n) is 19.9. The second-order valence-corrected chi connectivity index (χ2v) is 8.55. The molecular weight excluding hydrogens is 450 g/mol. The fourth-order valence-electron chi connectivity index (χ4n) is 4.72. The van der Waals surface area contributed by atoms with Gasteiger partial charge in [0.05, 0.1) is 37.5 Å². The summed E-state index contributed by atoms with van der Waals surface area (Å²) in [6.07, 6.45) is 0. The van der Waals surface area contributed by atoms with Gasteiger partial charge in [-0.1, -0.05) is 103 Å². The van der Waals surface area contributed by atoms with Crippen LogP contribution in [0.15, 0.2) is 115 Å². The fourth-order valence-corrected chi connectivity index (χ4v) is 4.72. The maximum Gasteiger partial charge on any atom is 0.261 e. The van der Waals surface area contributed by atoms with Gasteiger partial charge in [-0.25, -0.2) is 0 Å². The van der Waals surface area contributed by atoms with E-state index in [1.807, 2.05) is 54.6 Å². The van der Waals surface area contributed by atoms with Crippen LogP contribution in [0.5, 0.6) is 0 Å². The van der Waals surface area contributed by atoms with E-state index >= 15 is 0 Å². The van der Waals surface area contributed by atoms with E-state index < -0.39 is 5.60 Å². The predicted octanol–water partition coefficient (Wildman–Crippen LogP) is 5.31. The first-order valence-electron chi connectivity index (χ1n) is 12.1. The topological polar surface area (TPSA) is 55.8 Å². The van der Waals surface area contributed by atoms with Crippen molar-refractivity contribution >= 4 is 11.8 Å². The Morgan fingerprint density at radius 2 is 0.944 bits per heavy atom. The molecule has 0 aliphatic carbocycles. The van der Waals surface area contributed by atoms with Gasteiger partial charge in [0, 0.05) is 0 Å². The van der Waals surface area contributed by atoms with Crippen molar-refractivity contribution in [2.75, 3.05) is 26.4 Å². The summed E-state index contributed by atoms with van der Waals surface area (Å²) in [7, 11) is 0. The maximum atomic E-state index is 12.6. The molecule has 4 aromatic rings. The minimum Gasteiger partial charge on any atom is -0.377 e. The average Bonchev–Trinajstić information content (AvgIpc) is 3.19. The van der Waals surface area contributed by atoms with Crippen molar-refractivity contribution in [1.29, 1.82) is 0 Å². The summed E-state index contributed by atoms with van der Waals surface area (Å²) in [6, 6.07) is 37.4. The smallest absolute Gasteiger partial charge is 0.261 e. The highest BCUT2D eigenvalue weighted by Crippen LogP contribution is 2.40. The summed E-state index contributed by atoms with van der Waals surface area (Å²) >= 11 is 0. The van der Waals surface area contributed by atoms with Crippen LogP contribution in [0, 0.1) is 0 Å². The number of hydrogen-bond acceptors (Lipinski definition) is 4. The van der Waals surface area contributed by atoms with Crippen molar-refractivity contribution in [3.63, 3.8) is 0 Å². The van der Waals surface area contributed by atoms with E-state index in [1.54, 1.807) is 24.3 Å². The summed E-state index contributed by atoms with van der Waals surface area (Å²) in [5.74, 6) is -0.543. The Morgan fingerprint density at radius 3 is 1.39 bits per heavy atom. The average molecular weight is 478 g/mol. The van der Waals surface area contributed by atoms with Gasteiger partial charge in [-0.05, 0) is 28.8 Å². The molecule has 0 aromatic heterocycles. The molecule has 0 unspecified atom stereocenters. The minimum absolute atomic E-state index is 0.202. The Morgan fingerprint density at radius 1 is 0.528 bits per heavy atom. The molecule has 0 saturated carbocycles. The number of ether oxygens (including phenoxy) is 2. The molecule has 0 N–H and O–H groups in total. The Balaban J connectivity index is 1.28. The van der Waals surface area contributed by atoms with Crippen molar-refractivity contribution in [2.45, 2.75) is 5.60 Å². The monoisotopic (exact) mass is 477 g/mol. The lowest BCUT2D eigenvalue weighted by atomic mass is 9.80. The van der Waals surface area contributed by atoms with Crippen LogP contribution in [0.25, 0.3) is 0 Å². The molecule has 180 valence electrons. The lowest BCUT2D eigenvalue weighted by molar-refractivity contribution is -0.0251. The normalized spacial score (nSPS) is 13.2. The van der Waals surface area contributed by atoms with Gasteiger partial charge in [0.15, 0.2) is 0 Å². The Labute approximate surface area is 210 Å². The van der Waals surface area contributed by atoms with Crippen molar-refractivity contribution in [2.24, 2.45) is 0 Å². The summed E-state index contributed by atoms with van der Waals surface area (Å²) in [5, 5.41) is 0. The van der Waals surface area contributed by atoms with Crippen LogP contribution in [0.2, 0.25) is 0 Å². The molecule has 0 atom stereocenters. The highest BCUT2D eigenvalue weighted by Gasteiger charge is 2.37. The number of rotatable bonds is 10. The predicted molar refractivity (Wildman–Crippen MR) is 138 cm³/mol. The number of hydrogen-bond donors (Lipinski definition) is 0. The van der Waals surface area contributed by atoms with Crippen LogP contribution in [0.1, 0.15) is 37.4 Å². The first-order chi connectivity index (χ1) is 17.7. The van der Waals surface area contributed by atoms with Crippen LogP contribution in [-0.2, 0) is 15.1 Å². The van der Waals surface area contributed by atoms with Gasteiger partial charge in [0.2, 0.25) is 0 Å². The Kier molecular flexibility index (Phi) is 7.03. The molecule has 5 rings (SSSR count). The van der Waals surface area contributed by atoms with Gasteiger partial charge in [-0.15, -0.1) is 0 Å². The largest absolute Gasteiger partial charge is 0.377 e. The zero-order valence-corrected chi connectivity index (χ0v) is 19.9. The molecule has 0 radical (unpaired) electrons. The number of nitrogens with zero attached hydrogens (tertiary/aromatic N) is 1. The Bertz CT molecular complexity index is 1190. The lowest BCUT2D eigenvalue weighted by Crippen LogP contribution is -2.35. The maximum absolute atomic E-state index is 12.6. The first kappa shape index (κ1) is 23.7. The third-order valence-electron chi connectivity index (χ3n) is 6.42. The van der Waals surface area contributed by atoms with Crippen molar-refractivity contribution in [3.05, 3.63) is 143 Å². The van der Waals surface area contributed by atoms with Gasteiger partial charge in [-0.2, -0.15) is 0 Å². The standard InChI is InChI=1S/C31H27NO4/c33-29-27-18-10-11-19-28(27)30(34)32(29)20-21-35-22-23-36-31(24-12-4-1-5-13-24,25-14-6-2-7-15-25)26-16-8-3-9-17-26/h1-19H,20-23H2. The van der Waals surface area contributed by atoms with Crippen LogP contribution in [-0.4, -0.2) is 43.1 Å². The number of imide groups is 1. The van der Waals surface area contributed by atoms with E-state index in [0.29, 0.717) is 24.3 Å². The molecule has 1 aliphatic heterocycles. The molecule has 5 nitrogen and oxygen atoms in total. The lowest BCUT2D eigenvalue weighted by Gasteiger charge is -2.36. The third-order valence-corrected chi connectivity index (χ3v) is 6.42. The number of amides is 2. The molecule has 0 spiro atoms. The number of carbonyl (C=O) groups is 2. The molecular formula is C31H27NO4. The summed E-state index contributed by atoms with van der Waals surface area (Å²) in [4.78, 5) is 26.4. The molecule has 0 fully saturated rings. The van der Waals surface area contributed by atoms with Crippen molar-refractivity contribution in [3.8, 4) is 0 Å². The van der Waals surface area contributed by atoms with Gasteiger partial charge in [0.25, 0.3) is 11.8 Å². The number of fused-ring (bicyclic) bond motifs is 1. The SMILES string of the molecule is O=C1c2ccccc2C(=O)N1CCOCCOC(c1ccccc1)(c1ccccc1)c1ccccc1. The highest BCUT2D eigenvalue weighted by molar-refractivity contribution is 6.21. The van der Waals surface area contributed by atoms with Gasteiger partial charge in [-0.3, -0.25) is 14.5 Å². The summed E-state index contributed by atoms with van der Waals surface area (Å²) in [5.41, 5.74) is 3.15. The Hall–Kier alpha value is -4.06. The third kappa shape index (κ3) is 4.47. The van der Waals surface area contributed by atoms with Crippen molar-refractivity contribution in [1.82, 2.24) is 4.90 Å². The zero-order chi connectivity index (χ0) is 24.8. The second kappa shape index (κ2) is 10.7. The van der Waals surface area contributed by atoms with E-state index in [9.17, 15) is 9.59 Å². The number of carbonyl (C=O) groups excluding carboxylic acids is 2. The van der Waals surface area contributed by atoms with E-state index in [4.69, 9.17) is 9.47 Å². The highest BCUT2D eigenvalue weighted by atomic mass is 16.5. The van der Waals surface area contributed by atoms with Crippen LogP contribution in [0.3, 0.4) is 0 Å². The molecule has 36 heavy (non-hydrogen) atoms. The first-order valence-corrected chi connectivity index (χ1v) is 12.1. The summed E-state index contributed by atoms with van der Waals surface area (Å²) < 4.78 is 12.5. The molecule has 1 heterocycles. The molecule has 0 saturated heterocycles. The molecule has 4 aromatic carbocycles. The van der Waals surface area contributed by atoms with Gasteiger partial charge < -0.3 is 9.47 Å². The van der Waals surface area contributed by atoms with E-state index in [1.165, 1.54) is 4.90 Å². The van der Waals surface area contributed by atoms with E-state index in [0.717, 1.165) is 16.7 Å². The molecule has 1 aliphatic rings. The van der Waals surface area contributed by atoms with Crippen LogP contribution in [0.4, 0.5) is 0 Å². The molecule has 2 amide bonds. The molecule has 5 heteroatoms. The van der Waals surface area contributed by atoms with E-state index in [-0.39, 0.29) is 25.0 Å².